The molecule has 1 spiro atoms. The maximum atomic E-state index is 13.3. The minimum Gasteiger partial charge on any atom is -0.338 e. The highest BCUT2D eigenvalue weighted by atomic mass is 19.2. The molecule has 1 aromatic carbocycles. The predicted molar refractivity (Wildman–Crippen MR) is 96.2 cm³/mol. The fourth-order valence-corrected chi connectivity index (χ4v) is 4.04. The zero-order chi connectivity index (χ0) is 19.9. The van der Waals surface area contributed by atoms with E-state index in [-0.39, 0.29) is 41.2 Å². The molecule has 7 nitrogen and oxygen atoms in total. The molecule has 3 aliphatic rings. The van der Waals surface area contributed by atoms with E-state index >= 15 is 0 Å². The number of piperidine rings is 1. The summed E-state index contributed by atoms with van der Waals surface area (Å²) in [6.45, 7) is 1.06. The molecule has 9 heteroatoms. The molecule has 0 bridgehead atoms. The van der Waals surface area contributed by atoms with Gasteiger partial charge >= 0.3 is 0 Å². The van der Waals surface area contributed by atoms with E-state index in [1.807, 2.05) is 0 Å². The Morgan fingerprint density at radius 3 is 2.57 bits per heavy atom. The van der Waals surface area contributed by atoms with E-state index in [0.717, 1.165) is 18.6 Å². The van der Waals surface area contributed by atoms with Crippen molar-refractivity contribution in [3.8, 4) is 0 Å². The summed E-state index contributed by atoms with van der Waals surface area (Å²) in [6, 6.07) is 3.28. The lowest BCUT2D eigenvalue weighted by Crippen LogP contribution is -2.45. The average molecular weight is 390 g/mol. The zero-order valence-electron chi connectivity index (χ0n) is 15.1. The molecule has 1 aliphatic carbocycles. The Hall–Kier alpha value is -2.84. The van der Waals surface area contributed by atoms with Crippen LogP contribution in [0.5, 0.6) is 0 Å². The number of nitrogens with zero attached hydrogens (tertiary/aromatic N) is 2. The van der Waals surface area contributed by atoms with Gasteiger partial charge in [0.1, 0.15) is 5.71 Å². The van der Waals surface area contributed by atoms with Crippen molar-refractivity contribution >= 4 is 29.1 Å². The summed E-state index contributed by atoms with van der Waals surface area (Å²) in [6.07, 6.45) is 2.73. The summed E-state index contributed by atoms with van der Waals surface area (Å²) >= 11 is 0. The van der Waals surface area contributed by atoms with E-state index in [4.69, 9.17) is 0 Å². The van der Waals surface area contributed by atoms with Gasteiger partial charge in [-0.2, -0.15) is 5.10 Å². The fourth-order valence-electron chi connectivity index (χ4n) is 4.04. The number of hydrazone groups is 1. The van der Waals surface area contributed by atoms with Crippen LogP contribution < -0.4 is 10.7 Å². The standard InChI is InChI=1S/C19H20F2N4O3/c20-13-2-1-11(9-14(13)21)22-17(27)12-10-19(12)5-7-25(8-6-19)18(28)15-3-4-16(26)24-23-15/h1-2,9,12H,3-8,10H2,(H,22,27)(H,24,26)/t12-/m0/s1. The molecule has 2 heterocycles. The van der Waals surface area contributed by atoms with E-state index in [9.17, 15) is 23.2 Å². The Morgan fingerprint density at radius 1 is 1.18 bits per heavy atom. The van der Waals surface area contributed by atoms with Gasteiger partial charge in [0.2, 0.25) is 11.8 Å². The van der Waals surface area contributed by atoms with Crippen molar-refractivity contribution in [2.24, 2.45) is 16.4 Å². The average Bonchev–Trinajstić information content (AvgIpc) is 3.39. The highest BCUT2D eigenvalue weighted by Gasteiger charge is 2.58. The van der Waals surface area contributed by atoms with Gasteiger partial charge in [-0.25, -0.2) is 14.2 Å². The summed E-state index contributed by atoms with van der Waals surface area (Å²) in [7, 11) is 0. The highest BCUT2D eigenvalue weighted by molar-refractivity contribution is 6.39. The van der Waals surface area contributed by atoms with Crippen LogP contribution in [-0.4, -0.2) is 41.4 Å². The fraction of sp³-hybridized carbons (Fsp3) is 0.474. The summed E-state index contributed by atoms with van der Waals surface area (Å²) in [5.74, 6) is -2.72. The van der Waals surface area contributed by atoms with Crippen LogP contribution in [0.25, 0.3) is 0 Å². The zero-order valence-corrected chi connectivity index (χ0v) is 15.1. The number of carbonyl (C=O) groups excluding carboxylic acids is 3. The van der Waals surface area contributed by atoms with Crippen LogP contribution >= 0.6 is 0 Å². The molecular weight excluding hydrogens is 370 g/mol. The van der Waals surface area contributed by atoms with Gasteiger partial charge in [-0.05, 0) is 36.8 Å². The Balaban J connectivity index is 1.31. The topological polar surface area (TPSA) is 90.9 Å². The molecule has 28 heavy (non-hydrogen) atoms. The second kappa shape index (κ2) is 6.96. The summed E-state index contributed by atoms with van der Waals surface area (Å²) in [5, 5.41) is 6.49. The van der Waals surface area contributed by atoms with Gasteiger partial charge < -0.3 is 10.2 Å². The van der Waals surface area contributed by atoms with Crippen LogP contribution in [0.1, 0.15) is 32.1 Å². The largest absolute Gasteiger partial charge is 0.338 e. The second-order valence-corrected chi connectivity index (χ2v) is 7.62. The Kier molecular flexibility index (Phi) is 4.60. The molecule has 0 unspecified atom stereocenters. The first-order valence-corrected chi connectivity index (χ1v) is 9.29. The van der Waals surface area contributed by atoms with Gasteiger partial charge in [0.15, 0.2) is 11.6 Å². The van der Waals surface area contributed by atoms with Crippen LogP contribution in [-0.2, 0) is 14.4 Å². The second-order valence-electron chi connectivity index (χ2n) is 7.62. The van der Waals surface area contributed by atoms with E-state index in [1.165, 1.54) is 6.07 Å². The van der Waals surface area contributed by atoms with Crippen molar-refractivity contribution in [2.45, 2.75) is 32.1 Å². The molecule has 148 valence electrons. The predicted octanol–water partition coefficient (Wildman–Crippen LogP) is 1.80. The van der Waals surface area contributed by atoms with Crippen molar-refractivity contribution in [1.29, 1.82) is 0 Å². The van der Waals surface area contributed by atoms with Gasteiger partial charge in [-0.15, -0.1) is 0 Å². The molecule has 1 aromatic rings. The third-order valence-electron chi connectivity index (χ3n) is 5.89. The molecule has 2 aliphatic heterocycles. The quantitative estimate of drug-likeness (QED) is 0.825. The first-order valence-electron chi connectivity index (χ1n) is 9.29. The molecule has 4 rings (SSSR count). The van der Waals surface area contributed by atoms with Crippen molar-refractivity contribution in [3.63, 3.8) is 0 Å². The summed E-state index contributed by atoms with van der Waals surface area (Å²) in [4.78, 5) is 37.8. The van der Waals surface area contributed by atoms with Crippen LogP contribution in [0, 0.1) is 23.0 Å². The molecule has 3 amide bonds. The third-order valence-corrected chi connectivity index (χ3v) is 5.89. The minimum absolute atomic E-state index is 0.137. The lowest BCUT2D eigenvalue weighted by atomic mass is 9.90. The van der Waals surface area contributed by atoms with Gasteiger partial charge in [-0.1, -0.05) is 0 Å². The van der Waals surface area contributed by atoms with Crippen molar-refractivity contribution in [2.75, 3.05) is 18.4 Å². The lowest BCUT2D eigenvalue weighted by molar-refractivity contribution is -0.126. The van der Waals surface area contributed by atoms with E-state index in [2.05, 4.69) is 15.8 Å². The SMILES string of the molecule is O=C1CCC(C(=O)N2CCC3(CC2)C[C@H]3C(=O)Nc2ccc(F)c(F)c2)=NN1. The van der Waals surface area contributed by atoms with Crippen molar-refractivity contribution in [3.05, 3.63) is 29.8 Å². The van der Waals surface area contributed by atoms with Gasteiger partial charge in [-0.3, -0.25) is 14.4 Å². The first-order chi connectivity index (χ1) is 13.4. The number of hydrogen-bond acceptors (Lipinski definition) is 4. The maximum absolute atomic E-state index is 13.3. The molecule has 2 N–H and O–H groups in total. The van der Waals surface area contributed by atoms with Crippen molar-refractivity contribution in [1.82, 2.24) is 10.3 Å². The number of carbonyl (C=O) groups is 3. The monoisotopic (exact) mass is 390 g/mol. The molecular formula is C19H20F2N4O3. The molecule has 0 aromatic heterocycles. The smallest absolute Gasteiger partial charge is 0.270 e. The number of anilines is 1. The maximum Gasteiger partial charge on any atom is 0.270 e. The van der Waals surface area contributed by atoms with Gasteiger partial charge in [0.25, 0.3) is 5.91 Å². The molecule has 1 atom stereocenters. The van der Waals surface area contributed by atoms with Gasteiger partial charge in [0, 0.05) is 43.6 Å². The normalized spacial score (nSPS) is 23.1. The molecule has 0 radical (unpaired) electrons. The number of amides is 3. The van der Waals surface area contributed by atoms with Crippen LogP contribution in [0.4, 0.5) is 14.5 Å². The van der Waals surface area contributed by atoms with E-state index in [0.29, 0.717) is 38.1 Å². The summed E-state index contributed by atoms with van der Waals surface area (Å²) in [5.41, 5.74) is 2.79. The number of halogens is 2. The van der Waals surface area contributed by atoms with Gasteiger partial charge in [0.05, 0.1) is 0 Å². The van der Waals surface area contributed by atoms with Crippen molar-refractivity contribution < 1.29 is 23.2 Å². The number of hydrogen-bond donors (Lipinski definition) is 2. The molecule has 1 saturated heterocycles. The Morgan fingerprint density at radius 2 is 1.93 bits per heavy atom. The summed E-state index contributed by atoms with van der Waals surface area (Å²) < 4.78 is 26.3. The molecule has 2 fully saturated rings. The van der Waals surface area contributed by atoms with E-state index in [1.54, 1.807) is 4.90 Å². The Bertz CT molecular complexity index is 878. The highest BCUT2D eigenvalue weighted by Crippen LogP contribution is 2.59. The van der Waals surface area contributed by atoms with E-state index < -0.39 is 11.6 Å². The van der Waals surface area contributed by atoms with Crippen LogP contribution in [0.2, 0.25) is 0 Å². The lowest BCUT2D eigenvalue weighted by Gasteiger charge is -2.33. The molecule has 1 saturated carbocycles. The number of rotatable bonds is 3. The number of nitrogens with one attached hydrogen (secondary N) is 2. The minimum atomic E-state index is -1.00. The first kappa shape index (κ1) is 18.5. The van der Waals surface area contributed by atoms with Crippen LogP contribution in [0.3, 0.4) is 0 Å². The Labute approximate surface area is 160 Å². The number of benzene rings is 1. The third kappa shape index (κ3) is 3.48. The number of likely N-dealkylation sites (tertiary alicyclic amines) is 1. The van der Waals surface area contributed by atoms with Crippen LogP contribution in [0.15, 0.2) is 23.3 Å².